The molecule has 2 bridgehead atoms. The van der Waals surface area contributed by atoms with E-state index in [0.717, 1.165) is 25.9 Å². The molecule has 1 saturated heterocycles. The first-order valence-corrected chi connectivity index (χ1v) is 9.18. The van der Waals surface area contributed by atoms with Gasteiger partial charge in [-0.2, -0.15) is 0 Å². The number of aromatic hydroxyl groups is 1. The molecule has 0 spiro atoms. The summed E-state index contributed by atoms with van der Waals surface area (Å²) in [6, 6.07) is 17.4. The molecule has 2 heteroatoms. The second-order valence-electron chi connectivity index (χ2n) is 7.84. The van der Waals surface area contributed by atoms with Crippen molar-refractivity contribution in [3.05, 3.63) is 65.2 Å². The minimum absolute atomic E-state index is 0.195. The van der Waals surface area contributed by atoms with E-state index in [0.29, 0.717) is 17.7 Å². The van der Waals surface area contributed by atoms with Gasteiger partial charge in [0.1, 0.15) is 5.75 Å². The summed E-state index contributed by atoms with van der Waals surface area (Å²) in [4.78, 5) is 2.70. The van der Waals surface area contributed by atoms with Crippen molar-refractivity contribution in [1.82, 2.24) is 4.90 Å². The number of phenols is 1. The molecular weight excluding hydrogens is 294 g/mol. The van der Waals surface area contributed by atoms with Crippen molar-refractivity contribution in [2.75, 3.05) is 13.1 Å². The number of rotatable bonds is 3. The van der Waals surface area contributed by atoms with Crippen LogP contribution in [0.15, 0.2) is 48.5 Å². The van der Waals surface area contributed by atoms with Gasteiger partial charge in [-0.3, -0.25) is 4.90 Å². The van der Waals surface area contributed by atoms with Crippen LogP contribution in [-0.4, -0.2) is 29.1 Å². The Balaban J connectivity index is 1.57. The zero-order valence-corrected chi connectivity index (χ0v) is 14.7. The van der Waals surface area contributed by atoms with E-state index < -0.39 is 0 Å². The molecule has 1 N–H and O–H groups in total. The lowest BCUT2D eigenvalue weighted by atomic mass is 9.59. The van der Waals surface area contributed by atoms with E-state index in [-0.39, 0.29) is 5.41 Å². The SMILES string of the molecule is C[C@@H]1[C@@H]2Cc3ccc(O)cc3[C@@]1(C)CCN2CCc1ccccc1. The van der Waals surface area contributed by atoms with Gasteiger partial charge >= 0.3 is 0 Å². The normalized spacial score (nSPS) is 29.2. The predicted octanol–water partition coefficient (Wildman–Crippen LogP) is 4.16. The van der Waals surface area contributed by atoms with E-state index in [4.69, 9.17) is 0 Å². The van der Waals surface area contributed by atoms with Gasteiger partial charge in [-0.05, 0) is 66.0 Å². The number of phenolic OH excluding ortho intramolecular Hbond substituents is 1. The molecule has 2 aromatic carbocycles. The van der Waals surface area contributed by atoms with Gasteiger partial charge in [0.15, 0.2) is 0 Å². The highest BCUT2D eigenvalue weighted by atomic mass is 16.3. The molecule has 0 unspecified atom stereocenters. The van der Waals surface area contributed by atoms with Gasteiger partial charge < -0.3 is 5.11 Å². The van der Waals surface area contributed by atoms with Crippen molar-refractivity contribution in [3.63, 3.8) is 0 Å². The predicted molar refractivity (Wildman–Crippen MR) is 98.5 cm³/mol. The van der Waals surface area contributed by atoms with E-state index >= 15 is 0 Å². The number of nitrogens with zero attached hydrogens (tertiary/aromatic N) is 1. The molecule has 1 aliphatic carbocycles. The van der Waals surface area contributed by atoms with Gasteiger partial charge in [0.2, 0.25) is 0 Å². The van der Waals surface area contributed by atoms with E-state index in [2.05, 4.69) is 55.1 Å². The molecule has 2 nitrogen and oxygen atoms in total. The minimum atomic E-state index is 0.195. The molecule has 3 atom stereocenters. The quantitative estimate of drug-likeness (QED) is 0.917. The Kier molecular flexibility index (Phi) is 3.88. The number of fused-ring (bicyclic) bond motifs is 4. The lowest BCUT2D eigenvalue weighted by Gasteiger charge is -2.54. The van der Waals surface area contributed by atoms with Crippen LogP contribution in [0.4, 0.5) is 0 Å². The fourth-order valence-corrected chi connectivity index (χ4v) is 4.89. The fourth-order valence-electron chi connectivity index (χ4n) is 4.89. The van der Waals surface area contributed by atoms with Crippen LogP contribution >= 0.6 is 0 Å². The summed E-state index contributed by atoms with van der Waals surface area (Å²) in [6.07, 6.45) is 3.42. The monoisotopic (exact) mass is 321 g/mol. The molecule has 0 saturated carbocycles. The smallest absolute Gasteiger partial charge is 0.115 e. The van der Waals surface area contributed by atoms with Gasteiger partial charge in [-0.15, -0.1) is 0 Å². The molecule has 2 aromatic rings. The van der Waals surface area contributed by atoms with Crippen LogP contribution in [0.5, 0.6) is 5.75 Å². The van der Waals surface area contributed by atoms with Gasteiger partial charge in [0, 0.05) is 12.6 Å². The lowest BCUT2D eigenvalue weighted by Crippen LogP contribution is -2.58. The van der Waals surface area contributed by atoms with E-state index in [9.17, 15) is 5.11 Å². The molecule has 0 aromatic heterocycles. The lowest BCUT2D eigenvalue weighted by molar-refractivity contribution is 0.0322. The Morgan fingerprint density at radius 3 is 2.75 bits per heavy atom. The van der Waals surface area contributed by atoms with Crippen LogP contribution in [0.25, 0.3) is 0 Å². The maximum absolute atomic E-state index is 9.94. The Bertz CT molecular complexity index is 726. The second kappa shape index (κ2) is 5.93. The number of hydrogen-bond donors (Lipinski definition) is 1. The highest BCUT2D eigenvalue weighted by Gasteiger charge is 2.48. The molecule has 0 radical (unpaired) electrons. The molecule has 24 heavy (non-hydrogen) atoms. The summed E-state index contributed by atoms with van der Waals surface area (Å²) < 4.78 is 0. The van der Waals surface area contributed by atoms with Crippen molar-refractivity contribution < 1.29 is 5.11 Å². The van der Waals surface area contributed by atoms with Crippen LogP contribution in [0.2, 0.25) is 0 Å². The van der Waals surface area contributed by atoms with Gasteiger partial charge in [0.05, 0.1) is 0 Å². The van der Waals surface area contributed by atoms with Crippen molar-refractivity contribution in [3.8, 4) is 5.75 Å². The van der Waals surface area contributed by atoms with Crippen LogP contribution in [0, 0.1) is 5.92 Å². The zero-order valence-electron chi connectivity index (χ0n) is 14.7. The largest absolute Gasteiger partial charge is 0.508 e. The average Bonchev–Trinajstić information content (AvgIpc) is 2.59. The number of benzene rings is 2. The molecule has 0 amide bonds. The van der Waals surface area contributed by atoms with Crippen molar-refractivity contribution in [1.29, 1.82) is 0 Å². The molecule has 1 heterocycles. The molecule has 4 rings (SSSR count). The first-order valence-electron chi connectivity index (χ1n) is 9.18. The Morgan fingerprint density at radius 2 is 1.96 bits per heavy atom. The summed E-state index contributed by atoms with van der Waals surface area (Å²) in [5.74, 6) is 1.03. The van der Waals surface area contributed by atoms with Gasteiger partial charge in [-0.1, -0.05) is 50.2 Å². The van der Waals surface area contributed by atoms with Gasteiger partial charge in [0.25, 0.3) is 0 Å². The Hall–Kier alpha value is -1.80. The Labute approximate surface area is 145 Å². The molecule has 1 aliphatic heterocycles. The molecule has 126 valence electrons. The summed E-state index contributed by atoms with van der Waals surface area (Å²) in [7, 11) is 0. The first-order chi connectivity index (χ1) is 11.6. The molecular formula is C22H27NO. The van der Waals surface area contributed by atoms with Crippen LogP contribution in [-0.2, 0) is 18.3 Å². The summed E-state index contributed by atoms with van der Waals surface area (Å²) in [5.41, 5.74) is 4.44. The first kappa shape index (κ1) is 15.7. The van der Waals surface area contributed by atoms with Gasteiger partial charge in [-0.25, -0.2) is 0 Å². The van der Waals surface area contributed by atoms with E-state index in [1.165, 1.54) is 23.1 Å². The zero-order chi connectivity index (χ0) is 16.7. The maximum Gasteiger partial charge on any atom is 0.115 e. The number of likely N-dealkylation sites (tertiary alicyclic amines) is 1. The Morgan fingerprint density at radius 1 is 1.17 bits per heavy atom. The van der Waals surface area contributed by atoms with Crippen molar-refractivity contribution in [2.24, 2.45) is 5.92 Å². The highest BCUT2D eigenvalue weighted by molar-refractivity contribution is 5.44. The number of piperidine rings is 1. The van der Waals surface area contributed by atoms with Crippen molar-refractivity contribution in [2.45, 2.75) is 44.6 Å². The maximum atomic E-state index is 9.94. The number of hydrogen-bond acceptors (Lipinski definition) is 2. The second-order valence-corrected chi connectivity index (χ2v) is 7.84. The van der Waals surface area contributed by atoms with Crippen LogP contribution in [0.1, 0.15) is 37.0 Å². The third-order valence-corrected chi connectivity index (χ3v) is 6.64. The minimum Gasteiger partial charge on any atom is -0.508 e. The molecule has 2 aliphatic rings. The van der Waals surface area contributed by atoms with E-state index in [1.807, 2.05) is 12.1 Å². The summed E-state index contributed by atoms with van der Waals surface area (Å²) >= 11 is 0. The standard InChI is InChI=1S/C22H27NO/c1-16-21-14-18-8-9-19(24)15-20(18)22(16,2)11-13-23(21)12-10-17-6-4-3-5-7-17/h3-9,15-16,21,24H,10-14H2,1-2H3/t16-,21+,22+/m1/s1. The van der Waals surface area contributed by atoms with Crippen molar-refractivity contribution >= 4 is 0 Å². The van der Waals surface area contributed by atoms with E-state index in [1.54, 1.807) is 0 Å². The third-order valence-electron chi connectivity index (χ3n) is 6.64. The highest BCUT2D eigenvalue weighted by Crippen LogP contribution is 2.49. The summed E-state index contributed by atoms with van der Waals surface area (Å²) in [5, 5.41) is 9.94. The van der Waals surface area contributed by atoms with Crippen LogP contribution < -0.4 is 0 Å². The third kappa shape index (κ3) is 2.53. The van der Waals surface area contributed by atoms with Crippen LogP contribution in [0.3, 0.4) is 0 Å². The summed E-state index contributed by atoms with van der Waals surface area (Å²) in [6.45, 7) is 7.11. The topological polar surface area (TPSA) is 23.5 Å². The molecule has 1 fully saturated rings. The fraction of sp³-hybridized carbons (Fsp3) is 0.455. The average molecular weight is 321 g/mol.